The number of piperazine rings is 1. The van der Waals surface area contributed by atoms with Crippen LogP contribution in [0, 0.1) is 5.82 Å². The summed E-state index contributed by atoms with van der Waals surface area (Å²) in [6, 6.07) is 11.7. The Balaban J connectivity index is 1.32. The number of sulfonamides is 1. The van der Waals surface area contributed by atoms with Gasteiger partial charge in [0.25, 0.3) is 5.91 Å². The van der Waals surface area contributed by atoms with Crippen molar-refractivity contribution in [3.8, 4) is 5.75 Å². The molecule has 0 bridgehead atoms. The average molecular weight is 472 g/mol. The number of carbonyl (C=O) groups is 1. The number of hydrogen-bond donors (Lipinski definition) is 1. The van der Waals surface area contributed by atoms with E-state index in [9.17, 15) is 17.6 Å². The van der Waals surface area contributed by atoms with Gasteiger partial charge in [0.2, 0.25) is 10.0 Å². The second kappa shape index (κ2) is 9.92. The molecule has 9 nitrogen and oxygen atoms in total. The molecule has 2 aromatic carbocycles. The highest BCUT2D eigenvalue weighted by Crippen LogP contribution is 2.21. The number of anilines is 2. The lowest BCUT2D eigenvalue weighted by molar-refractivity contribution is -0.118. The number of amides is 1. The van der Waals surface area contributed by atoms with Gasteiger partial charge >= 0.3 is 0 Å². The second-order valence-electron chi connectivity index (χ2n) is 7.25. The van der Waals surface area contributed by atoms with Gasteiger partial charge < -0.3 is 15.0 Å². The Kier molecular flexibility index (Phi) is 6.80. The number of nitrogens with one attached hydrogen (secondary N) is 1. The summed E-state index contributed by atoms with van der Waals surface area (Å²) in [6.07, 6.45) is 4.84. The van der Waals surface area contributed by atoms with Gasteiger partial charge in [0.1, 0.15) is 5.82 Å². The van der Waals surface area contributed by atoms with Crippen LogP contribution >= 0.6 is 0 Å². The Bertz CT molecular complexity index is 1200. The van der Waals surface area contributed by atoms with Crippen LogP contribution in [-0.2, 0) is 14.8 Å². The Morgan fingerprint density at radius 2 is 1.76 bits per heavy atom. The molecule has 11 heteroatoms. The largest absolute Gasteiger partial charge is 0.481 e. The zero-order valence-electron chi connectivity index (χ0n) is 17.6. The van der Waals surface area contributed by atoms with Gasteiger partial charge in [-0.15, -0.1) is 0 Å². The fourth-order valence-corrected chi connectivity index (χ4v) is 4.80. The van der Waals surface area contributed by atoms with Crippen molar-refractivity contribution in [2.24, 2.45) is 0 Å². The third kappa shape index (κ3) is 5.44. The summed E-state index contributed by atoms with van der Waals surface area (Å²) in [6.45, 7) is 1.29. The lowest BCUT2D eigenvalue weighted by Crippen LogP contribution is -2.48. The van der Waals surface area contributed by atoms with Crippen LogP contribution in [-0.4, -0.2) is 61.4 Å². The molecule has 2 heterocycles. The standard InChI is InChI=1S/C22H22FN5O4S/c23-19-3-1-2-4-20(19)32-16-22(29)26-17-5-7-18(8-6-17)33(30,31)28-13-11-27(12-14-28)21-15-24-9-10-25-21/h1-10,15H,11-14,16H2,(H,26,29). The van der Waals surface area contributed by atoms with Gasteiger partial charge in [0.15, 0.2) is 18.2 Å². The quantitative estimate of drug-likeness (QED) is 0.563. The molecule has 0 unspecified atom stereocenters. The third-order valence-electron chi connectivity index (χ3n) is 5.08. The summed E-state index contributed by atoms with van der Waals surface area (Å²) in [5.74, 6) is -0.353. The Morgan fingerprint density at radius 1 is 1.03 bits per heavy atom. The molecular weight excluding hydrogens is 449 g/mol. The van der Waals surface area contributed by atoms with E-state index >= 15 is 0 Å². The van der Waals surface area contributed by atoms with Gasteiger partial charge in [0.05, 0.1) is 11.1 Å². The molecule has 1 saturated heterocycles. The van der Waals surface area contributed by atoms with Crippen molar-refractivity contribution in [1.29, 1.82) is 0 Å². The van der Waals surface area contributed by atoms with Gasteiger partial charge in [-0.25, -0.2) is 17.8 Å². The molecule has 0 aliphatic carbocycles. The van der Waals surface area contributed by atoms with Crippen LogP contribution in [0.5, 0.6) is 5.75 Å². The average Bonchev–Trinajstić information content (AvgIpc) is 2.84. The molecule has 0 saturated carbocycles. The monoisotopic (exact) mass is 471 g/mol. The summed E-state index contributed by atoms with van der Waals surface area (Å²) in [5.41, 5.74) is 0.406. The number of halogens is 1. The minimum absolute atomic E-state index is 0.0199. The predicted molar refractivity (Wildman–Crippen MR) is 120 cm³/mol. The Labute approximate surface area is 190 Å². The maximum absolute atomic E-state index is 13.6. The fourth-order valence-electron chi connectivity index (χ4n) is 3.37. The third-order valence-corrected chi connectivity index (χ3v) is 7.00. The van der Waals surface area contributed by atoms with Crippen LogP contribution in [0.25, 0.3) is 0 Å². The van der Waals surface area contributed by atoms with Gasteiger partial charge in [-0.3, -0.25) is 9.78 Å². The van der Waals surface area contributed by atoms with E-state index < -0.39 is 21.7 Å². The van der Waals surface area contributed by atoms with Crippen LogP contribution in [0.3, 0.4) is 0 Å². The number of carbonyl (C=O) groups excluding carboxylic acids is 1. The number of benzene rings is 2. The van der Waals surface area contributed by atoms with E-state index in [0.717, 1.165) is 0 Å². The summed E-state index contributed by atoms with van der Waals surface area (Å²) in [5, 5.41) is 2.60. The van der Waals surface area contributed by atoms with Crippen molar-refractivity contribution in [3.05, 3.63) is 72.9 Å². The molecule has 1 amide bonds. The number of para-hydroxylation sites is 1. The van der Waals surface area contributed by atoms with E-state index in [1.54, 1.807) is 24.7 Å². The normalized spacial score (nSPS) is 14.6. The topological polar surface area (TPSA) is 105 Å². The van der Waals surface area contributed by atoms with Crippen LogP contribution < -0.4 is 15.0 Å². The maximum atomic E-state index is 13.6. The van der Waals surface area contributed by atoms with Crippen LogP contribution in [0.1, 0.15) is 0 Å². The molecule has 0 radical (unpaired) electrons. The van der Waals surface area contributed by atoms with Crippen LogP contribution in [0.15, 0.2) is 72.0 Å². The highest BCUT2D eigenvalue weighted by molar-refractivity contribution is 7.89. The van der Waals surface area contributed by atoms with Crippen molar-refractivity contribution >= 4 is 27.4 Å². The number of rotatable bonds is 7. The second-order valence-corrected chi connectivity index (χ2v) is 9.18. The van der Waals surface area contributed by atoms with E-state index in [2.05, 4.69) is 15.3 Å². The van der Waals surface area contributed by atoms with Crippen LogP contribution in [0.2, 0.25) is 0 Å². The SMILES string of the molecule is O=C(COc1ccccc1F)Nc1ccc(S(=O)(=O)N2CCN(c3cnccn3)CC2)cc1. The van der Waals surface area contributed by atoms with Crippen molar-refractivity contribution < 1.29 is 22.3 Å². The highest BCUT2D eigenvalue weighted by Gasteiger charge is 2.29. The van der Waals surface area contributed by atoms with E-state index in [0.29, 0.717) is 37.7 Å². The number of nitrogens with zero attached hydrogens (tertiary/aromatic N) is 4. The van der Waals surface area contributed by atoms with E-state index in [4.69, 9.17) is 4.74 Å². The highest BCUT2D eigenvalue weighted by atomic mass is 32.2. The predicted octanol–water partition coefficient (Wildman–Crippen LogP) is 2.14. The molecule has 0 atom stereocenters. The Hall–Kier alpha value is -3.57. The van der Waals surface area contributed by atoms with E-state index in [1.165, 1.54) is 46.8 Å². The first-order valence-electron chi connectivity index (χ1n) is 10.2. The summed E-state index contributed by atoms with van der Waals surface area (Å²) in [7, 11) is -3.67. The molecule has 0 spiro atoms. The summed E-state index contributed by atoms with van der Waals surface area (Å²) >= 11 is 0. The van der Waals surface area contributed by atoms with Crippen molar-refractivity contribution in [1.82, 2.24) is 14.3 Å². The first-order valence-corrected chi connectivity index (χ1v) is 11.7. The van der Waals surface area contributed by atoms with Gasteiger partial charge in [-0.2, -0.15) is 4.31 Å². The van der Waals surface area contributed by atoms with E-state index in [-0.39, 0.29) is 17.3 Å². The minimum atomic E-state index is -3.67. The van der Waals surface area contributed by atoms with Crippen molar-refractivity contribution in [2.45, 2.75) is 4.90 Å². The molecule has 1 aromatic heterocycles. The lowest BCUT2D eigenvalue weighted by atomic mass is 10.3. The number of ether oxygens (including phenoxy) is 1. The zero-order chi connectivity index (χ0) is 23.3. The van der Waals surface area contributed by atoms with Crippen molar-refractivity contribution in [2.75, 3.05) is 43.0 Å². The van der Waals surface area contributed by atoms with Crippen molar-refractivity contribution in [3.63, 3.8) is 0 Å². The van der Waals surface area contributed by atoms with Gasteiger partial charge in [-0.05, 0) is 36.4 Å². The molecule has 1 N–H and O–H groups in total. The first kappa shape index (κ1) is 22.6. The molecule has 33 heavy (non-hydrogen) atoms. The van der Waals surface area contributed by atoms with Gasteiger partial charge in [-0.1, -0.05) is 12.1 Å². The molecule has 172 valence electrons. The summed E-state index contributed by atoms with van der Waals surface area (Å²) < 4.78 is 46.1. The first-order chi connectivity index (χ1) is 15.9. The molecular formula is C22H22FN5O4S. The molecule has 1 aliphatic rings. The molecule has 1 aliphatic heterocycles. The number of aromatic nitrogens is 2. The lowest BCUT2D eigenvalue weighted by Gasteiger charge is -2.34. The van der Waals surface area contributed by atoms with Crippen LogP contribution in [0.4, 0.5) is 15.9 Å². The fraction of sp³-hybridized carbons (Fsp3) is 0.227. The molecule has 1 fully saturated rings. The summed E-state index contributed by atoms with van der Waals surface area (Å²) in [4.78, 5) is 22.5. The van der Waals surface area contributed by atoms with E-state index in [1.807, 2.05) is 4.90 Å². The number of hydrogen-bond acceptors (Lipinski definition) is 7. The molecule has 3 aromatic rings. The maximum Gasteiger partial charge on any atom is 0.262 e. The minimum Gasteiger partial charge on any atom is -0.481 e. The Morgan fingerprint density at radius 3 is 2.42 bits per heavy atom. The molecule has 4 rings (SSSR count). The smallest absolute Gasteiger partial charge is 0.262 e. The zero-order valence-corrected chi connectivity index (χ0v) is 18.4. The van der Waals surface area contributed by atoms with Gasteiger partial charge in [0, 0.05) is 44.3 Å².